The van der Waals surface area contributed by atoms with E-state index in [1.165, 1.54) is 6.42 Å². The minimum Gasteiger partial charge on any atom is -0.376 e. The summed E-state index contributed by atoms with van der Waals surface area (Å²) in [6.45, 7) is 9.53. The van der Waals surface area contributed by atoms with Gasteiger partial charge in [0.2, 0.25) is 5.91 Å². The lowest BCUT2D eigenvalue weighted by molar-refractivity contribution is -0.137. The molecule has 0 aromatic heterocycles. The maximum absolute atomic E-state index is 12.2. The SMILES string of the molecule is CC(OCC1CCCCO1)C(=O)NC(C)(CN)C(C)C. The average molecular weight is 286 g/mol. The summed E-state index contributed by atoms with van der Waals surface area (Å²) in [5.74, 6) is 0.160. The molecule has 3 N–H and O–H groups in total. The molecule has 3 unspecified atom stereocenters. The van der Waals surface area contributed by atoms with Crippen LogP contribution >= 0.6 is 0 Å². The molecule has 20 heavy (non-hydrogen) atoms. The Bertz CT molecular complexity index is 303. The predicted molar refractivity (Wildman–Crippen MR) is 79.4 cm³/mol. The summed E-state index contributed by atoms with van der Waals surface area (Å²) in [6, 6.07) is 0. The maximum Gasteiger partial charge on any atom is 0.249 e. The van der Waals surface area contributed by atoms with Crippen LogP contribution in [0.3, 0.4) is 0 Å². The van der Waals surface area contributed by atoms with Gasteiger partial charge in [0.05, 0.1) is 18.2 Å². The molecule has 5 heteroatoms. The molecule has 1 aliphatic rings. The van der Waals surface area contributed by atoms with Crippen LogP contribution in [0.4, 0.5) is 0 Å². The summed E-state index contributed by atoms with van der Waals surface area (Å²) in [7, 11) is 0. The van der Waals surface area contributed by atoms with Crippen LogP contribution in [-0.4, -0.2) is 43.4 Å². The van der Waals surface area contributed by atoms with E-state index >= 15 is 0 Å². The summed E-state index contributed by atoms with van der Waals surface area (Å²) in [4.78, 5) is 12.2. The van der Waals surface area contributed by atoms with Crippen LogP contribution in [0, 0.1) is 5.92 Å². The summed E-state index contributed by atoms with van der Waals surface area (Å²) in [6.07, 6.45) is 2.96. The summed E-state index contributed by atoms with van der Waals surface area (Å²) in [5, 5.41) is 3.00. The van der Waals surface area contributed by atoms with Gasteiger partial charge in [-0.15, -0.1) is 0 Å². The van der Waals surface area contributed by atoms with E-state index in [4.69, 9.17) is 15.2 Å². The fourth-order valence-corrected chi connectivity index (χ4v) is 2.08. The van der Waals surface area contributed by atoms with Gasteiger partial charge >= 0.3 is 0 Å². The Morgan fingerprint density at radius 2 is 2.15 bits per heavy atom. The molecule has 1 heterocycles. The Kier molecular flexibility index (Phi) is 6.92. The molecular weight excluding hydrogens is 256 g/mol. The Morgan fingerprint density at radius 3 is 2.65 bits per heavy atom. The molecule has 0 saturated carbocycles. The van der Waals surface area contributed by atoms with E-state index in [2.05, 4.69) is 19.2 Å². The molecule has 0 bridgehead atoms. The van der Waals surface area contributed by atoms with Crippen LogP contribution in [-0.2, 0) is 14.3 Å². The van der Waals surface area contributed by atoms with Crippen molar-refractivity contribution in [3.63, 3.8) is 0 Å². The van der Waals surface area contributed by atoms with Crippen molar-refractivity contribution in [2.45, 2.75) is 64.7 Å². The van der Waals surface area contributed by atoms with Gasteiger partial charge in [-0.1, -0.05) is 13.8 Å². The quantitative estimate of drug-likeness (QED) is 0.743. The molecule has 1 saturated heterocycles. The molecule has 0 aromatic rings. The standard InChI is InChI=1S/C15H30N2O3/c1-11(2)15(4,10-16)17-14(18)12(3)20-9-13-7-5-6-8-19-13/h11-13H,5-10,16H2,1-4H3,(H,17,18). The minimum absolute atomic E-state index is 0.109. The number of hydrogen-bond donors (Lipinski definition) is 2. The molecule has 1 amide bonds. The highest BCUT2D eigenvalue weighted by Gasteiger charge is 2.30. The number of hydrogen-bond acceptors (Lipinski definition) is 4. The summed E-state index contributed by atoms with van der Waals surface area (Å²) in [5.41, 5.74) is 5.38. The first-order valence-electron chi connectivity index (χ1n) is 7.64. The second-order valence-electron chi connectivity index (χ2n) is 6.23. The molecule has 1 fully saturated rings. The van der Waals surface area contributed by atoms with E-state index in [0.717, 1.165) is 19.4 Å². The number of nitrogens with two attached hydrogens (primary N) is 1. The monoisotopic (exact) mass is 286 g/mol. The van der Waals surface area contributed by atoms with Crippen LogP contribution < -0.4 is 11.1 Å². The largest absolute Gasteiger partial charge is 0.376 e. The lowest BCUT2D eigenvalue weighted by Gasteiger charge is -2.34. The van der Waals surface area contributed by atoms with Crippen LogP contribution in [0.25, 0.3) is 0 Å². The summed E-state index contributed by atoms with van der Waals surface area (Å²) >= 11 is 0. The highest BCUT2D eigenvalue weighted by atomic mass is 16.5. The van der Waals surface area contributed by atoms with Crippen molar-refractivity contribution >= 4 is 5.91 Å². The molecule has 5 nitrogen and oxygen atoms in total. The van der Waals surface area contributed by atoms with Gasteiger partial charge in [-0.2, -0.15) is 0 Å². The fourth-order valence-electron chi connectivity index (χ4n) is 2.08. The molecule has 0 radical (unpaired) electrons. The van der Waals surface area contributed by atoms with Crippen molar-refractivity contribution in [1.82, 2.24) is 5.32 Å². The van der Waals surface area contributed by atoms with Gasteiger partial charge in [0.25, 0.3) is 0 Å². The molecule has 1 rings (SSSR count). The third-order valence-electron chi connectivity index (χ3n) is 4.28. The Labute approximate surface area is 122 Å². The second kappa shape index (κ2) is 7.96. The third-order valence-corrected chi connectivity index (χ3v) is 4.28. The smallest absolute Gasteiger partial charge is 0.249 e. The number of nitrogens with one attached hydrogen (secondary N) is 1. The second-order valence-corrected chi connectivity index (χ2v) is 6.23. The van der Waals surface area contributed by atoms with Crippen molar-refractivity contribution in [3.8, 4) is 0 Å². The highest BCUT2D eigenvalue weighted by molar-refractivity contribution is 5.81. The highest BCUT2D eigenvalue weighted by Crippen LogP contribution is 2.16. The van der Waals surface area contributed by atoms with E-state index in [1.54, 1.807) is 6.92 Å². The van der Waals surface area contributed by atoms with Crippen molar-refractivity contribution < 1.29 is 14.3 Å². The van der Waals surface area contributed by atoms with E-state index in [-0.39, 0.29) is 17.9 Å². The van der Waals surface area contributed by atoms with Crippen molar-refractivity contribution in [2.75, 3.05) is 19.8 Å². The molecule has 0 aromatic carbocycles. The molecule has 118 valence electrons. The van der Waals surface area contributed by atoms with Crippen LogP contribution in [0.5, 0.6) is 0 Å². The maximum atomic E-state index is 12.2. The third kappa shape index (κ3) is 5.04. The first kappa shape index (κ1) is 17.4. The normalized spacial score (nSPS) is 24.2. The molecule has 1 aliphatic heterocycles. The molecule has 3 atom stereocenters. The average Bonchev–Trinajstić information content (AvgIpc) is 2.45. The van der Waals surface area contributed by atoms with Crippen molar-refractivity contribution in [1.29, 1.82) is 0 Å². The van der Waals surface area contributed by atoms with E-state index in [1.807, 2.05) is 6.92 Å². The van der Waals surface area contributed by atoms with E-state index in [9.17, 15) is 4.79 Å². The topological polar surface area (TPSA) is 73.6 Å². The van der Waals surface area contributed by atoms with Gasteiger partial charge in [-0.3, -0.25) is 4.79 Å². The zero-order valence-corrected chi connectivity index (χ0v) is 13.3. The van der Waals surface area contributed by atoms with Gasteiger partial charge in [-0.25, -0.2) is 0 Å². The number of carbonyl (C=O) groups excluding carboxylic acids is 1. The van der Waals surface area contributed by atoms with E-state index < -0.39 is 11.6 Å². The minimum atomic E-state index is -0.481. The Balaban J connectivity index is 2.38. The van der Waals surface area contributed by atoms with Gasteiger partial charge in [-0.05, 0) is 39.0 Å². The van der Waals surface area contributed by atoms with Crippen LogP contribution in [0.2, 0.25) is 0 Å². The lowest BCUT2D eigenvalue weighted by atomic mass is 9.88. The molecule has 0 aliphatic carbocycles. The Hall–Kier alpha value is -0.650. The zero-order chi connectivity index (χ0) is 15.2. The van der Waals surface area contributed by atoms with Gasteiger partial charge < -0.3 is 20.5 Å². The Morgan fingerprint density at radius 1 is 1.45 bits per heavy atom. The number of rotatable bonds is 7. The van der Waals surface area contributed by atoms with Crippen LogP contribution in [0.1, 0.15) is 47.0 Å². The number of carbonyl (C=O) groups is 1. The predicted octanol–water partition coefficient (Wildman–Crippen LogP) is 1.45. The molecular formula is C15H30N2O3. The number of ether oxygens (including phenoxy) is 2. The van der Waals surface area contributed by atoms with Crippen molar-refractivity contribution in [2.24, 2.45) is 11.7 Å². The first-order chi connectivity index (χ1) is 9.39. The van der Waals surface area contributed by atoms with Gasteiger partial charge in [0, 0.05) is 13.2 Å². The summed E-state index contributed by atoms with van der Waals surface area (Å²) < 4.78 is 11.2. The fraction of sp³-hybridized carbons (Fsp3) is 0.933. The van der Waals surface area contributed by atoms with Gasteiger partial charge in [0.15, 0.2) is 0 Å². The van der Waals surface area contributed by atoms with E-state index in [0.29, 0.717) is 13.2 Å². The van der Waals surface area contributed by atoms with Crippen LogP contribution in [0.15, 0.2) is 0 Å². The molecule has 0 spiro atoms. The van der Waals surface area contributed by atoms with Crippen molar-refractivity contribution in [3.05, 3.63) is 0 Å². The first-order valence-corrected chi connectivity index (χ1v) is 7.64. The zero-order valence-electron chi connectivity index (χ0n) is 13.3. The van der Waals surface area contributed by atoms with Gasteiger partial charge in [0.1, 0.15) is 6.10 Å². The lowest BCUT2D eigenvalue weighted by Crippen LogP contribution is -2.57. The number of amides is 1.